The topological polar surface area (TPSA) is 46.5 Å². The lowest BCUT2D eigenvalue weighted by atomic mass is 10.3. The minimum absolute atomic E-state index is 0. The minimum Gasteiger partial charge on any atom is -0.497 e. The van der Waals surface area contributed by atoms with Gasteiger partial charge >= 0.3 is 8.03 Å². The molecule has 0 saturated heterocycles. The van der Waals surface area contributed by atoms with Crippen molar-refractivity contribution < 1.29 is 14.2 Å². The summed E-state index contributed by atoms with van der Waals surface area (Å²) >= 11 is 0. The summed E-state index contributed by atoms with van der Waals surface area (Å²) in [5.41, 5.74) is 0. The molecule has 1 unspecified atom stereocenters. The summed E-state index contributed by atoms with van der Waals surface area (Å²) in [6.07, 6.45) is 0. The predicted octanol–water partition coefficient (Wildman–Crippen LogP) is 1.90. The third-order valence-corrected chi connectivity index (χ3v) is 2.03. The molecule has 1 aromatic carbocycles. The molecule has 0 amide bonds. The minimum atomic E-state index is -2.22. The fraction of sp³-hybridized carbons (Fsp3) is 0.143. The van der Waals surface area contributed by atoms with Gasteiger partial charge in [0.25, 0.3) is 0 Å². The molecule has 1 N–H and O–H groups in total. The molecule has 1 aromatic rings. The average molecular weight is 244 g/mol. The van der Waals surface area contributed by atoms with Gasteiger partial charge in [0.2, 0.25) is 5.30 Å². The normalized spacial score (nSPS) is 9.23. The first-order valence-electron chi connectivity index (χ1n) is 3.04. The van der Waals surface area contributed by atoms with Crippen LogP contribution in [0.5, 0.6) is 5.75 Å². The van der Waals surface area contributed by atoms with Crippen molar-refractivity contribution in [3.8, 4) is 5.75 Å². The SMILES string of the molecule is COc1ccc([P+](=O)O)cc1.Cl.Cl. The Labute approximate surface area is 89.8 Å². The first-order valence-corrected chi connectivity index (χ1v) is 4.25. The molecule has 0 heterocycles. The summed E-state index contributed by atoms with van der Waals surface area (Å²) in [6.45, 7) is 0. The Morgan fingerprint density at radius 1 is 1.23 bits per heavy atom. The largest absolute Gasteiger partial charge is 0.546 e. The highest BCUT2D eigenvalue weighted by Gasteiger charge is 2.14. The van der Waals surface area contributed by atoms with Crippen LogP contribution in [0.3, 0.4) is 0 Å². The van der Waals surface area contributed by atoms with Gasteiger partial charge in [0.15, 0.2) is 0 Å². The monoisotopic (exact) mass is 243 g/mol. The highest BCUT2D eigenvalue weighted by Crippen LogP contribution is 2.15. The maximum Gasteiger partial charge on any atom is 0.546 e. The van der Waals surface area contributed by atoms with Crippen molar-refractivity contribution in [3.63, 3.8) is 0 Å². The standard InChI is InChI=1S/C7H7O3P.2ClH/c1-10-6-2-4-7(5-3-6)11(8)9;;/h2-5H,1H3;2*1H/p+1. The number of ether oxygens (including phenoxy) is 1. The van der Waals surface area contributed by atoms with E-state index in [9.17, 15) is 4.57 Å². The van der Waals surface area contributed by atoms with Crippen molar-refractivity contribution >= 4 is 38.1 Å². The van der Waals surface area contributed by atoms with E-state index in [1.54, 1.807) is 31.4 Å². The maximum atomic E-state index is 10.5. The smallest absolute Gasteiger partial charge is 0.497 e. The van der Waals surface area contributed by atoms with E-state index >= 15 is 0 Å². The van der Waals surface area contributed by atoms with E-state index in [1.807, 2.05) is 0 Å². The summed E-state index contributed by atoms with van der Waals surface area (Å²) in [7, 11) is -0.669. The van der Waals surface area contributed by atoms with Crippen LogP contribution in [-0.4, -0.2) is 12.0 Å². The molecule has 0 aliphatic carbocycles. The molecule has 3 nitrogen and oxygen atoms in total. The molecular formula is C7H10Cl2O3P+. The summed E-state index contributed by atoms with van der Waals surface area (Å²) in [6, 6.07) is 6.44. The fourth-order valence-electron chi connectivity index (χ4n) is 0.710. The number of benzene rings is 1. The van der Waals surface area contributed by atoms with Crippen LogP contribution in [0.1, 0.15) is 0 Å². The molecule has 1 atom stereocenters. The molecule has 0 fully saturated rings. The van der Waals surface area contributed by atoms with Crippen molar-refractivity contribution in [2.75, 3.05) is 7.11 Å². The Bertz CT molecular complexity index is 263. The van der Waals surface area contributed by atoms with Crippen molar-refractivity contribution in [2.45, 2.75) is 0 Å². The van der Waals surface area contributed by atoms with Crippen LogP contribution >= 0.6 is 32.8 Å². The van der Waals surface area contributed by atoms with Gasteiger partial charge in [-0.3, -0.25) is 0 Å². The van der Waals surface area contributed by atoms with Crippen molar-refractivity contribution in [2.24, 2.45) is 0 Å². The average Bonchev–Trinajstić information content (AvgIpc) is 2.05. The van der Waals surface area contributed by atoms with Crippen molar-refractivity contribution in [1.29, 1.82) is 0 Å². The van der Waals surface area contributed by atoms with Crippen LogP contribution in [0.4, 0.5) is 0 Å². The lowest BCUT2D eigenvalue weighted by Gasteiger charge is -1.94. The maximum absolute atomic E-state index is 10.5. The van der Waals surface area contributed by atoms with Gasteiger partial charge in [-0.1, -0.05) is 0 Å². The van der Waals surface area contributed by atoms with Gasteiger partial charge in [0.1, 0.15) is 5.75 Å². The van der Waals surface area contributed by atoms with Gasteiger partial charge in [-0.05, 0) is 28.8 Å². The molecule has 1 rings (SSSR count). The molecule has 0 bridgehead atoms. The van der Waals surface area contributed by atoms with Crippen LogP contribution < -0.4 is 10.0 Å². The zero-order valence-electron chi connectivity index (χ0n) is 6.84. The zero-order valence-corrected chi connectivity index (χ0v) is 9.36. The Morgan fingerprint density at radius 2 is 1.69 bits per heavy atom. The molecule has 13 heavy (non-hydrogen) atoms. The second kappa shape index (κ2) is 7.10. The fourth-order valence-corrected chi connectivity index (χ4v) is 1.11. The van der Waals surface area contributed by atoms with E-state index in [-0.39, 0.29) is 24.8 Å². The highest BCUT2D eigenvalue weighted by molar-refractivity contribution is 7.47. The van der Waals surface area contributed by atoms with Crippen LogP contribution in [0, 0.1) is 0 Å². The molecule has 6 heteroatoms. The van der Waals surface area contributed by atoms with E-state index < -0.39 is 8.03 Å². The molecule has 0 aromatic heterocycles. The van der Waals surface area contributed by atoms with Gasteiger partial charge in [-0.25, -0.2) is 0 Å². The van der Waals surface area contributed by atoms with Crippen molar-refractivity contribution in [1.82, 2.24) is 0 Å². The molecular weight excluding hydrogens is 234 g/mol. The Balaban J connectivity index is 0. The predicted molar refractivity (Wildman–Crippen MR) is 56.9 cm³/mol. The molecule has 0 saturated carbocycles. The van der Waals surface area contributed by atoms with Crippen molar-refractivity contribution in [3.05, 3.63) is 24.3 Å². The molecule has 0 aliphatic heterocycles. The molecule has 74 valence electrons. The number of hydrogen-bond acceptors (Lipinski definition) is 2. The molecule has 0 radical (unpaired) electrons. The summed E-state index contributed by atoms with van der Waals surface area (Å²) in [4.78, 5) is 8.66. The van der Waals surface area contributed by atoms with Crippen LogP contribution in [0.25, 0.3) is 0 Å². The number of hydrogen-bond donors (Lipinski definition) is 1. The van der Waals surface area contributed by atoms with Crippen LogP contribution in [-0.2, 0) is 4.57 Å². The summed E-state index contributed by atoms with van der Waals surface area (Å²) in [5, 5.41) is 0.417. The lowest BCUT2D eigenvalue weighted by Crippen LogP contribution is -1.94. The third-order valence-electron chi connectivity index (χ3n) is 1.29. The van der Waals surface area contributed by atoms with Gasteiger partial charge in [0.05, 0.1) is 7.11 Å². The first-order chi connectivity index (χ1) is 5.24. The van der Waals surface area contributed by atoms with Gasteiger partial charge in [-0.15, -0.1) is 24.8 Å². The number of methoxy groups -OCH3 is 1. The lowest BCUT2D eigenvalue weighted by molar-refractivity contribution is 0.415. The summed E-state index contributed by atoms with van der Waals surface area (Å²) in [5.74, 6) is 0.686. The van der Waals surface area contributed by atoms with E-state index in [0.29, 0.717) is 11.1 Å². The third kappa shape index (κ3) is 4.44. The first kappa shape index (κ1) is 15.1. The van der Waals surface area contributed by atoms with Gasteiger partial charge in [-0.2, -0.15) is 4.89 Å². The zero-order chi connectivity index (χ0) is 8.27. The molecule has 0 spiro atoms. The number of rotatable bonds is 2. The van der Waals surface area contributed by atoms with Gasteiger partial charge in [0, 0.05) is 0 Å². The second-order valence-electron chi connectivity index (χ2n) is 1.97. The quantitative estimate of drug-likeness (QED) is 0.808. The summed E-state index contributed by atoms with van der Waals surface area (Å²) < 4.78 is 15.4. The van der Waals surface area contributed by atoms with E-state index in [0.717, 1.165) is 0 Å². The van der Waals surface area contributed by atoms with Crippen LogP contribution in [0.2, 0.25) is 0 Å². The van der Waals surface area contributed by atoms with E-state index in [2.05, 4.69) is 0 Å². The second-order valence-corrected chi connectivity index (χ2v) is 3.03. The number of halogens is 2. The van der Waals surface area contributed by atoms with Crippen LogP contribution in [0.15, 0.2) is 24.3 Å². The van der Waals surface area contributed by atoms with Gasteiger partial charge < -0.3 is 4.74 Å². The van der Waals surface area contributed by atoms with E-state index in [4.69, 9.17) is 9.63 Å². The Morgan fingerprint density at radius 3 is 2.00 bits per heavy atom. The van der Waals surface area contributed by atoms with E-state index in [1.165, 1.54) is 0 Å². The Kier molecular flexibility index (Phi) is 8.27. The molecule has 0 aliphatic rings. The highest BCUT2D eigenvalue weighted by atomic mass is 35.5. The Hall–Kier alpha value is -0.340.